The Labute approximate surface area is 154 Å². The van der Waals surface area contributed by atoms with Crippen LogP contribution in [0.2, 0.25) is 0 Å². The van der Waals surface area contributed by atoms with Gasteiger partial charge in [0.1, 0.15) is 4.90 Å². The van der Waals surface area contributed by atoms with Crippen molar-refractivity contribution in [3.63, 3.8) is 0 Å². The third-order valence-corrected chi connectivity index (χ3v) is 7.68. The number of nitrogens with zero attached hydrogens (tertiary/aromatic N) is 3. The van der Waals surface area contributed by atoms with Crippen LogP contribution in [0.5, 0.6) is 0 Å². The first-order valence-electron chi connectivity index (χ1n) is 9.41. The van der Waals surface area contributed by atoms with Gasteiger partial charge in [-0.1, -0.05) is 13.3 Å². The number of aromatic amines is 1. The molecule has 1 atom stereocenters. The van der Waals surface area contributed by atoms with Gasteiger partial charge in [-0.05, 0) is 45.4 Å². The van der Waals surface area contributed by atoms with Crippen LogP contribution in [0.3, 0.4) is 0 Å². The van der Waals surface area contributed by atoms with E-state index in [1.807, 2.05) is 6.92 Å². The molecule has 2 fully saturated rings. The highest BCUT2D eigenvalue weighted by Crippen LogP contribution is 2.39. The Morgan fingerprint density at radius 1 is 1.12 bits per heavy atom. The van der Waals surface area contributed by atoms with E-state index < -0.39 is 10.0 Å². The van der Waals surface area contributed by atoms with Gasteiger partial charge in [-0.3, -0.25) is 0 Å². The highest BCUT2D eigenvalue weighted by molar-refractivity contribution is 7.89. The Hall–Kier alpha value is -1.67. The Kier molecular flexibility index (Phi) is 4.43. The first kappa shape index (κ1) is 17.7. The molecule has 2 aromatic rings. The number of hydrogen-bond acceptors (Lipinski definition) is 5. The summed E-state index contributed by atoms with van der Waals surface area (Å²) in [6, 6.07) is 0. The van der Waals surface area contributed by atoms with Crippen molar-refractivity contribution in [3.8, 4) is 11.5 Å². The molecule has 1 aliphatic heterocycles. The second-order valence-electron chi connectivity index (χ2n) is 7.76. The summed E-state index contributed by atoms with van der Waals surface area (Å²) in [5.41, 5.74) is 1.90. The molecule has 0 amide bonds. The van der Waals surface area contributed by atoms with Gasteiger partial charge in [0.05, 0.1) is 5.56 Å². The normalized spacial score (nSPS) is 22.5. The number of piperidine rings is 1. The van der Waals surface area contributed by atoms with E-state index in [1.54, 1.807) is 11.2 Å². The van der Waals surface area contributed by atoms with Crippen LogP contribution >= 0.6 is 0 Å². The molecule has 0 spiro atoms. The minimum atomic E-state index is -3.61. The van der Waals surface area contributed by atoms with Crippen molar-refractivity contribution < 1.29 is 12.8 Å². The Morgan fingerprint density at radius 2 is 1.88 bits per heavy atom. The number of hydrogen-bond donors (Lipinski definition) is 1. The lowest BCUT2D eigenvalue weighted by molar-refractivity contribution is 0.281. The zero-order valence-corrected chi connectivity index (χ0v) is 16.4. The second kappa shape index (κ2) is 6.49. The fraction of sp³-hybridized carbons (Fsp3) is 0.667. The molecule has 0 aromatic carbocycles. The third kappa shape index (κ3) is 2.89. The zero-order valence-electron chi connectivity index (χ0n) is 15.6. The number of nitrogens with one attached hydrogen (secondary N) is 1. The SMILES string of the molecule is Cc1[nH]c(C)c(S(=O)(=O)N2CCC[C@H](C)C2)c1-c1nnc(C2CCC2)o1. The van der Waals surface area contributed by atoms with E-state index in [9.17, 15) is 8.42 Å². The fourth-order valence-corrected chi connectivity index (χ4v) is 6.00. The largest absolute Gasteiger partial charge is 0.420 e. The van der Waals surface area contributed by atoms with Crippen molar-refractivity contribution in [2.75, 3.05) is 13.1 Å². The van der Waals surface area contributed by atoms with E-state index >= 15 is 0 Å². The summed E-state index contributed by atoms with van der Waals surface area (Å²) >= 11 is 0. The molecule has 26 heavy (non-hydrogen) atoms. The fourth-order valence-electron chi connectivity index (χ4n) is 3.99. The van der Waals surface area contributed by atoms with Gasteiger partial charge in [0.2, 0.25) is 15.9 Å². The molecule has 8 heteroatoms. The van der Waals surface area contributed by atoms with E-state index in [0.29, 0.717) is 48.0 Å². The lowest BCUT2D eigenvalue weighted by Crippen LogP contribution is -2.39. The van der Waals surface area contributed by atoms with Crippen LogP contribution in [0.15, 0.2) is 9.31 Å². The Morgan fingerprint density at radius 3 is 2.54 bits per heavy atom. The first-order valence-corrected chi connectivity index (χ1v) is 10.8. The molecule has 4 rings (SSSR count). The molecule has 0 radical (unpaired) electrons. The predicted molar refractivity (Wildman–Crippen MR) is 97.3 cm³/mol. The van der Waals surface area contributed by atoms with Gasteiger partial charge in [-0.25, -0.2) is 8.42 Å². The summed E-state index contributed by atoms with van der Waals surface area (Å²) in [5.74, 6) is 1.62. The van der Waals surface area contributed by atoms with Gasteiger partial charge in [0.15, 0.2) is 0 Å². The van der Waals surface area contributed by atoms with Crippen LogP contribution in [0, 0.1) is 19.8 Å². The molecule has 0 bridgehead atoms. The Balaban J connectivity index is 1.76. The molecule has 0 unspecified atom stereocenters. The summed E-state index contributed by atoms with van der Waals surface area (Å²) in [5, 5.41) is 8.35. The van der Waals surface area contributed by atoms with Crippen molar-refractivity contribution in [2.45, 2.75) is 63.7 Å². The highest BCUT2D eigenvalue weighted by atomic mass is 32.2. The molecule has 1 saturated carbocycles. The van der Waals surface area contributed by atoms with Crippen molar-refractivity contribution in [1.82, 2.24) is 19.5 Å². The number of aromatic nitrogens is 3. The van der Waals surface area contributed by atoms with Crippen molar-refractivity contribution in [3.05, 3.63) is 17.3 Å². The van der Waals surface area contributed by atoms with Crippen molar-refractivity contribution >= 4 is 10.0 Å². The molecule has 2 aromatic heterocycles. The Bertz CT molecular complexity index is 911. The molecular formula is C18H26N4O3S. The van der Waals surface area contributed by atoms with Gasteiger partial charge < -0.3 is 9.40 Å². The van der Waals surface area contributed by atoms with Gasteiger partial charge in [-0.15, -0.1) is 10.2 Å². The molecule has 142 valence electrons. The molecule has 1 aliphatic carbocycles. The third-order valence-electron chi connectivity index (χ3n) is 5.64. The van der Waals surface area contributed by atoms with Crippen molar-refractivity contribution in [1.29, 1.82) is 0 Å². The van der Waals surface area contributed by atoms with E-state index in [2.05, 4.69) is 22.1 Å². The quantitative estimate of drug-likeness (QED) is 0.880. The number of sulfonamides is 1. The van der Waals surface area contributed by atoms with Crippen LogP contribution in [0.1, 0.15) is 62.2 Å². The van der Waals surface area contributed by atoms with Crippen LogP contribution in [0.4, 0.5) is 0 Å². The lowest BCUT2D eigenvalue weighted by Gasteiger charge is -2.30. The maximum Gasteiger partial charge on any atom is 0.250 e. The van der Waals surface area contributed by atoms with Crippen LogP contribution in [0.25, 0.3) is 11.5 Å². The standard InChI is InChI=1S/C18H26N4O3S/c1-11-6-5-9-22(10-11)26(23,24)16-13(3)19-12(2)15(16)18-21-20-17(25-18)14-7-4-8-14/h11,14,19H,4-10H2,1-3H3/t11-/m0/s1. The van der Waals surface area contributed by atoms with Gasteiger partial charge in [0.25, 0.3) is 5.89 Å². The average Bonchev–Trinajstić information content (AvgIpc) is 3.10. The van der Waals surface area contributed by atoms with Gasteiger partial charge >= 0.3 is 0 Å². The maximum atomic E-state index is 13.4. The summed E-state index contributed by atoms with van der Waals surface area (Å²) in [6.45, 7) is 6.86. The zero-order chi connectivity index (χ0) is 18.5. The maximum absolute atomic E-state index is 13.4. The molecule has 1 N–H and O–H groups in total. The smallest absolute Gasteiger partial charge is 0.250 e. The summed E-state index contributed by atoms with van der Waals surface area (Å²) < 4.78 is 34.3. The minimum Gasteiger partial charge on any atom is -0.420 e. The first-order chi connectivity index (χ1) is 12.4. The van der Waals surface area contributed by atoms with Crippen molar-refractivity contribution in [2.24, 2.45) is 5.92 Å². The predicted octanol–water partition coefficient (Wildman–Crippen LogP) is 3.37. The molecule has 3 heterocycles. The average molecular weight is 378 g/mol. The summed E-state index contributed by atoms with van der Waals surface area (Å²) in [7, 11) is -3.61. The molecule has 1 saturated heterocycles. The van der Waals surface area contributed by atoms with E-state index in [0.717, 1.165) is 31.4 Å². The van der Waals surface area contributed by atoms with Gasteiger partial charge in [0, 0.05) is 30.4 Å². The number of aryl methyl sites for hydroxylation is 2. The molecule has 2 aliphatic rings. The van der Waals surface area contributed by atoms with E-state index in [4.69, 9.17) is 4.42 Å². The van der Waals surface area contributed by atoms with E-state index in [-0.39, 0.29) is 4.90 Å². The number of H-pyrrole nitrogens is 1. The van der Waals surface area contributed by atoms with Crippen LogP contribution < -0.4 is 0 Å². The van der Waals surface area contributed by atoms with Crippen LogP contribution in [-0.4, -0.2) is 41.0 Å². The van der Waals surface area contributed by atoms with Gasteiger partial charge in [-0.2, -0.15) is 4.31 Å². The van der Waals surface area contributed by atoms with Crippen LogP contribution in [-0.2, 0) is 10.0 Å². The molecule has 7 nitrogen and oxygen atoms in total. The highest BCUT2D eigenvalue weighted by Gasteiger charge is 2.36. The molecular weight excluding hydrogens is 352 g/mol. The lowest BCUT2D eigenvalue weighted by atomic mass is 9.85. The monoisotopic (exact) mass is 378 g/mol. The topological polar surface area (TPSA) is 92.1 Å². The van der Waals surface area contributed by atoms with E-state index in [1.165, 1.54) is 6.42 Å². The number of rotatable bonds is 4. The summed E-state index contributed by atoms with van der Waals surface area (Å²) in [4.78, 5) is 3.45. The summed E-state index contributed by atoms with van der Waals surface area (Å²) in [6.07, 6.45) is 5.26. The second-order valence-corrected chi connectivity index (χ2v) is 9.64. The minimum absolute atomic E-state index is 0.285.